The minimum absolute atomic E-state index is 0.0869. The van der Waals surface area contributed by atoms with Crippen molar-refractivity contribution in [2.45, 2.75) is 6.92 Å². The van der Waals surface area contributed by atoms with Crippen LogP contribution in [-0.4, -0.2) is 32.9 Å². The average molecular weight is 358 g/mol. The summed E-state index contributed by atoms with van der Waals surface area (Å²) in [7, 11) is 1.56. The number of benzene rings is 1. The molecule has 134 valence electrons. The van der Waals surface area contributed by atoms with Crippen molar-refractivity contribution in [2.75, 3.05) is 7.05 Å². The normalized spacial score (nSPS) is 11.5. The molecule has 0 bridgehead atoms. The van der Waals surface area contributed by atoms with Crippen LogP contribution in [0.1, 0.15) is 11.3 Å². The molecule has 0 radical (unpaired) electrons. The molecule has 0 aliphatic rings. The lowest BCUT2D eigenvalue weighted by Crippen LogP contribution is -2.12. The van der Waals surface area contributed by atoms with Crippen molar-refractivity contribution in [3.63, 3.8) is 0 Å². The fourth-order valence-corrected chi connectivity index (χ4v) is 3.12. The van der Waals surface area contributed by atoms with Crippen LogP contribution in [0.3, 0.4) is 0 Å². The molecule has 27 heavy (non-hydrogen) atoms. The molecule has 1 aromatic carbocycles. The second-order valence-electron chi connectivity index (χ2n) is 6.29. The van der Waals surface area contributed by atoms with Gasteiger partial charge in [0, 0.05) is 42.6 Å². The van der Waals surface area contributed by atoms with Crippen LogP contribution in [-0.2, 0) is 0 Å². The minimum Gasteiger partial charge on any atom is -0.505 e. The van der Waals surface area contributed by atoms with Gasteiger partial charge in [0.1, 0.15) is 11.1 Å². The predicted octanol–water partition coefficient (Wildman–Crippen LogP) is 3.44. The quantitative estimate of drug-likeness (QED) is 0.550. The third kappa shape index (κ3) is 2.91. The molecule has 0 unspecified atom stereocenters. The van der Waals surface area contributed by atoms with Gasteiger partial charge in [0.25, 0.3) is 5.56 Å². The van der Waals surface area contributed by atoms with Crippen LogP contribution in [0.4, 0.5) is 0 Å². The first kappa shape index (κ1) is 16.8. The minimum atomic E-state index is -0.370. The highest BCUT2D eigenvalue weighted by molar-refractivity contribution is 5.94. The highest BCUT2D eigenvalue weighted by atomic mass is 16.3. The third-order valence-corrected chi connectivity index (χ3v) is 4.51. The first-order valence-corrected chi connectivity index (χ1v) is 8.50. The Hall–Kier alpha value is -3.67. The van der Waals surface area contributed by atoms with Gasteiger partial charge in [-0.3, -0.25) is 14.8 Å². The highest BCUT2D eigenvalue weighted by Gasteiger charge is 2.15. The van der Waals surface area contributed by atoms with E-state index >= 15 is 0 Å². The lowest BCUT2D eigenvalue weighted by atomic mass is 10.1. The van der Waals surface area contributed by atoms with Crippen LogP contribution in [0.25, 0.3) is 27.8 Å². The number of aromatic amines is 1. The van der Waals surface area contributed by atoms with Gasteiger partial charge in [0.05, 0.1) is 5.52 Å². The number of nitrogens with zero attached hydrogens (tertiary/aromatic N) is 3. The number of nitrogens with one attached hydrogen (secondary N) is 1. The molecular formula is C21H18N4O2. The number of rotatable bonds is 3. The molecule has 6 nitrogen and oxygen atoms in total. The number of aromatic hydroxyl groups is 1. The summed E-state index contributed by atoms with van der Waals surface area (Å²) in [6, 6.07) is 13.7. The molecule has 2 N–H and O–H groups in total. The van der Waals surface area contributed by atoms with Crippen LogP contribution in [0.5, 0.6) is 5.75 Å². The fourth-order valence-electron chi connectivity index (χ4n) is 3.12. The monoisotopic (exact) mass is 358 g/mol. The molecule has 0 saturated heterocycles. The smallest absolute Gasteiger partial charge is 0.261 e. The molecule has 3 aromatic heterocycles. The summed E-state index contributed by atoms with van der Waals surface area (Å²) in [5.41, 5.74) is 4.82. The van der Waals surface area contributed by atoms with Gasteiger partial charge in [-0.05, 0) is 36.8 Å². The van der Waals surface area contributed by atoms with E-state index in [0.29, 0.717) is 11.0 Å². The predicted molar refractivity (Wildman–Crippen MR) is 107 cm³/mol. The Bertz CT molecular complexity index is 1200. The molecule has 4 aromatic rings. The van der Waals surface area contributed by atoms with E-state index in [-0.39, 0.29) is 16.9 Å². The van der Waals surface area contributed by atoms with Crippen molar-refractivity contribution in [3.05, 3.63) is 76.5 Å². The van der Waals surface area contributed by atoms with Gasteiger partial charge in [-0.15, -0.1) is 0 Å². The maximum Gasteiger partial charge on any atom is 0.261 e. The van der Waals surface area contributed by atoms with Gasteiger partial charge < -0.3 is 14.7 Å². The average Bonchev–Trinajstić information content (AvgIpc) is 3.10. The summed E-state index contributed by atoms with van der Waals surface area (Å²) in [5.74, 6) is -0.0869. The van der Waals surface area contributed by atoms with Gasteiger partial charge in [-0.1, -0.05) is 18.2 Å². The molecule has 0 spiro atoms. The Kier molecular flexibility index (Phi) is 4.08. The van der Waals surface area contributed by atoms with Crippen LogP contribution >= 0.6 is 0 Å². The number of aromatic nitrogens is 3. The zero-order valence-electron chi connectivity index (χ0n) is 15.0. The van der Waals surface area contributed by atoms with Crippen molar-refractivity contribution < 1.29 is 5.11 Å². The molecule has 0 fully saturated rings. The summed E-state index contributed by atoms with van der Waals surface area (Å²) >= 11 is 0. The van der Waals surface area contributed by atoms with E-state index in [4.69, 9.17) is 0 Å². The standard InChI is InChI=1S/C21H18N4O2/c1-13-3-4-15(11-23-13)14-5-7-16(8-6-14)25-10-9-18-19(25)20(26)17(12-22-2)21(27)24-18/h3-12H,1-2H3,(H2,24,26,27). The number of H-pyrrole nitrogens is 1. The number of hydrogen-bond acceptors (Lipinski definition) is 4. The van der Waals surface area contributed by atoms with E-state index in [1.165, 1.54) is 6.21 Å². The lowest BCUT2D eigenvalue weighted by molar-refractivity contribution is 0.477. The van der Waals surface area contributed by atoms with Crippen molar-refractivity contribution in [1.82, 2.24) is 14.5 Å². The van der Waals surface area contributed by atoms with Crippen LogP contribution in [0.15, 0.2) is 64.6 Å². The van der Waals surface area contributed by atoms with Gasteiger partial charge in [-0.25, -0.2) is 0 Å². The summed E-state index contributed by atoms with van der Waals surface area (Å²) < 4.78 is 1.84. The summed E-state index contributed by atoms with van der Waals surface area (Å²) in [4.78, 5) is 23.1. The Balaban J connectivity index is 1.82. The van der Waals surface area contributed by atoms with Gasteiger partial charge in [-0.2, -0.15) is 0 Å². The van der Waals surface area contributed by atoms with Crippen molar-refractivity contribution >= 4 is 17.2 Å². The maximum absolute atomic E-state index is 12.1. The summed E-state index contributed by atoms with van der Waals surface area (Å²) in [5, 5.41) is 10.6. The Labute approximate surface area is 155 Å². The number of pyridine rings is 2. The van der Waals surface area contributed by atoms with E-state index in [1.54, 1.807) is 13.1 Å². The summed E-state index contributed by atoms with van der Waals surface area (Å²) in [6.07, 6.45) is 5.02. The SMILES string of the molecule is CN=Cc1c(O)c2c(ccn2-c2ccc(-c3ccc(C)nc3)cc2)[nH]c1=O. The highest BCUT2D eigenvalue weighted by Crippen LogP contribution is 2.29. The molecule has 0 amide bonds. The summed E-state index contributed by atoms with van der Waals surface area (Å²) in [6.45, 7) is 1.96. The Morgan fingerprint density at radius 3 is 2.52 bits per heavy atom. The third-order valence-electron chi connectivity index (χ3n) is 4.51. The molecule has 4 rings (SSSR count). The van der Waals surface area contributed by atoms with E-state index in [1.807, 2.05) is 60.3 Å². The fraction of sp³-hybridized carbons (Fsp3) is 0.0952. The first-order chi connectivity index (χ1) is 13.1. The van der Waals surface area contributed by atoms with E-state index in [9.17, 15) is 9.90 Å². The maximum atomic E-state index is 12.1. The Morgan fingerprint density at radius 1 is 1.11 bits per heavy atom. The zero-order valence-corrected chi connectivity index (χ0v) is 15.0. The van der Waals surface area contributed by atoms with Crippen molar-refractivity contribution in [1.29, 1.82) is 0 Å². The zero-order chi connectivity index (χ0) is 19.0. The molecule has 0 aliphatic heterocycles. The molecule has 0 atom stereocenters. The van der Waals surface area contributed by atoms with Crippen LogP contribution in [0, 0.1) is 6.92 Å². The van der Waals surface area contributed by atoms with Gasteiger partial charge >= 0.3 is 0 Å². The van der Waals surface area contributed by atoms with Crippen molar-refractivity contribution in [3.8, 4) is 22.6 Å². The molecule has 0 aliphatic carbocycles. The number of aliphatic imine (C=N–C) groups is 1. The molecular weight excluding hydrogens is 340 g/mol. The largest absolute Gasteiger partial charge is 0.505 e. The van der Waals surface area contributed by atoms with E-state index < -0.39 is 0 Å². The number of fused-ring (bicyclic) bond motifs is 1. The van der Waals surface area contributed by atoms with Crippen LogP contribution in [0.2, 0.25) is 0 Å². The second-order valence-corrected chi connectivity index (χ2v) is 6.29. The second kappa shape index (κ2) is 6.57. The van der Waals surface area contributed by atoms with Gasteiger partial charge in [0.2, 0.25) is 0 Å². The molecule has 0 saturated carbocycles. The topological polar surface area (TPSA) is 83.3 Å². The number of aryl methyl sites for hydroxylation is 1. The number of hydrogen-bond donors (Lipinski definition) is 2. The van der Waals surface area contributed by atoms with E-state index in [2.05, 4.69) is 15.0 Å². The molecule has 3 heterocycles. The first-order valence-electron chi connectivity index (χ1n) is 8.50. The Morgan fingerprint density at radius 2 is 1.85 bits per heavy atom. The van der Waals surface area contributed by atoms with Crippen molar-refractivity contribution in [2.24, 2.45) is 4.99 Å². The van der Waals surface area contributed by atoms with Crippen LogP contribution < -0.4 is 5.56 Å². The van der Waals surface area contributed by atoms with Gasteiger partial charge in [0.15, 0.2) is 5.75 Å². The lowest BCUT2D eigenvalue weighted by Gasteiger charge is -2.09. The molecule has 6 heteroatoms. The van der Waals surface area contributed by atoms with E-state index in [0.717, 1.165) is 22.5 Å².